The van der Waals surface area contributed by atoms with E-state index in [4.69, 9.17) is 75.8 Å². The third-order valence-corrected chi connectivity index (χ3v) is 16.9. The van der Waals surface area contributed by atoms with Gasteiger partial charge in [0.25, 0.3) is 0 Å². The van der Waals surface area contributed by atoms with Gasteiger partial charge in [0.15, 0.2) is 50.3 Å². The van der Waals surface area contributed by atoms with Gasteiger partial charge >= 0.3 is 0 Å². The van der Waals surface area contributed by atoms with Crippen molar-refractivity contribution in [2.45, 2.75) is 246 Å². The van der Waals surface area contributed by atoms with Crippen molar-refractivity contribution in [3.05, 3.63) is 0 Å². The van der Waals surface area contributed by atoms with Gasteiger partial charge < -0.3 is 198 Å². The summed E-state index contributed by atoms with van der Waals surface area (Å²) in [6, 6.07) is 0. The summed E-state index contributed by atoms with van der Waals surface area (Å²) in [5.74, 6) is 0. The zero-order valence-corrected chi connectivity index (χ0v) is 46.0. The highest BCUT2D eigenvalue weighted by Gasteiger charge is 2.60. The zero-order chi connectivity index (χ0) is 64.1. The maximum atomic E-state index is 11.8. The van der Waals surface area contributed by atoms with Crippen molar-refractivity contribution in [3.8, 4) is 0 Å². The van der Waals surface area contributed by atoms with Crippen LogP contribution in [0.15, 0.2) is 0 Å². The van der Waals surface area contributed by atoms with Gasteiger partial charge in [0.05, 0.1) is 52.9 Å². The smallest absolute Gasteiger partial charge is 0.187 e. The first-order chi connectivity index (χ1) is 41.9. The zero-order valence-electron chi connectivity index (χ0n) is 46.0. The fourth-order valence-corrected chi connectivity index (χ4v) is 11.8. The molecule has 40 atom stereocenters. The van der Waals surface area contributed by atoms with E-state index in [2.05, 4.69) is 0 Å². The van der Waals surface area contributed by atoms with Gasteiger partial charge in [-0.05, 0) is 0 Å². The summed E-state index contributed by atoms with van der Waals surface area (Å²) in [7, 11) is 0. The molecule has 40 nitrogen and oxygen atoms in total. The molecule has 22 rings (SSSR count). The molecule has 0 aliphatic carbocycles. The Labute approximate surface area is 496 Å². The number of rotatable bonds is 10. The molecule has 22 aliphatic heterocycles. The van der Waals surface area contributed by atoms with Crippen molar-refractivity contribution in [2.24, 2.45) is 0 Å². The lowest BCUT2D eigenvalue weighted by molar-refractivity contribution is -0.399. The Morgan fingerprint density at radius 1 is 0.182 bits per heavy atom. The largest absolute Gasteiger partial charge is 0.394 e. The molecule has 88 heavy (non-hydrogen) atoms. The average molecular weight is 1300 g/mol. The summed E-state index contributed by atoms with van der Waals surface area (Å²) in [5, 5.41) is 265. The predicted octanol–water partition coefficient (Wildman–Crippen LogP) is -17.4. The number of hydrogen-bond acceptors (Lipinski definition) is 40. The Bertz CT molecular complexity index is 2130. The number of hydrogen-bond donors (Lipinski definition) is 24. The molecule has 0 aromatic rings. The van der Waals surface area contributed by atoms with Crippen molar-refractivity contribution in [1.29, 1.82) is 0 Å². The molecule has 0 aromatic heterocycles. The molecule has 1 unspecified atom stereocenters. The van der Waals surface area contributed by atoms with Gasteiger partial charge in [-0.25, -0.2) is 0 Å². The molecule has 0 spiro atoms. The molecule has 22 heterocycles. The summed E-state index contributed by atoms with van der Waals surface area (Å²) < 4.78 is 91.6. The molecule has 0 amide bonds. The molecular weight excluding hydrogens is 1220 g/mol. The van der Waals surface area contributed by atoms with Gasteiger partial charge in [-0.3, -0.25) is 0 Å². The summed E-state index contributed by atoms with van der Waals surface area (Å²) in [6.45, 7) is -8.51. The van der Waals surface area contributed by atoms with Crippen LogP contribution in [-0.2, 0) is 75.8 Å². The first-order valence-electron chi connectivity index (χ1n) is 28.1. The second-order valence-electron chi connectivity index (χ2n) is 22.5. The Balaban J connectivity index is 1.02. The highest BCUT2D eigenvalue weighted by molar-refractivity contribution is 5.02. The van der Waals surface area contributed by atoms with E-state index < -0.39 is 299 Å². The van der Waals surface area contributed by atoms with Crippen LogP contribution < -0.4 is 0 Å². The molecule has 14 bridgehead atoms. The SMILES string of the molecule is OC[C@@H]1O[C@@H]2O[C@H]3[C@H](O)[C@@H](O)[C@@H](O[C@H]4[C@H](O)[C@@H](O)[C@@H](O[C@H]5[C@H](O)[C@H](O)[C@@H](O[C@H]6[C@@H](O)[C@H](O)[C@@H](O[C@H]7[C@H](O)[C@@H](O)[C@@H](O[C@H]8[C@H](O)[C@@H](O)C(O[C@H]1[C@H](O)[C@H]2O)O[C@H]8CO)O[C@@H]7CO)O[C@@H]6CO)O[C@@H]5CO)O[C@H]4CO[C@@H]1O[C@H](CO)[C@H](O)[C@H](O)[C@H]1O)O[C@H]3CO. The Morgan fingerprint density at radius 2 is 0.375 bits per heavy atom. The van der Waals surface area contributed by atoms with Crippen LogP contribution in [0.5, 0.6) is 0 Å². The fourth-order valence-electron chi connectivity index (χ4n) is 11.8. The topological polar surface area (TPSA) is 633 Å². The first kappa shape index (κ1) is 70.7. The second kappa shape index (κ2) is 30.0. The van der Waals surface area contributed by atoms with Gasteiger partial charge in [0.1, 0.15) is 195 Å². The molecule has 22 saturated heterocycles. The lowest BCUT2D eigenvalue weighted by atomic mass is 9.95. The highest BCUT2D eigenvalue weighted by Crippen LogP contribution is 2.39. The minimum absolute atomic E-state index is 0.919. The summed E-state index contributed by atoms with van der Waals surface area (Å²) in [5.41, 5.74) is 0. The maximum Gasteiger partial charge on any atom is 0.187 e. The van der Waals surface area contributed by atoms with Gasteiger partial charge in [0.2, 0.25) is 0 Å². The van der Waals surface area contributed by atoms with E-state index in [1.54, 1.807) is 0 Å². The Kier molecular flexibility index (Phi) is 24.1. The Morgan fingerprint density at radius 3 is 0.580 bits per heavy atom. The van der Waals surface area contributed by atoms with Crippen LogP contribution in [0.1, 0.15) is 0 Å². The van der Waals surface area contributed by atoms with E-state index in [9.17, 15) is 123 Å². The van der Waals surface area contributed by atoms with Gasteiger partial charge in [-0.1, -0.05) is 0 Å². The predicted molar refractivity (Wildman–Crippen MR) is 261 cm³/mol. The van der Waals surface area contributed by atoms with Gasteiger partial charge in [-0.15, -0.1) is 0 Å². The number of ether oxygens (including phenoxy) is 16. The highest BCUT2D eigenvalue weighted by atomic mass is 16.8. The summed E-state index contributed by atoms with van der Waals surface area (Å²) in [6.07, 6.45) is -82.6. The third-order valence-electron chi connectivity index (χ3n) is 16.9. The third kappa shape index (κ3) is 13.9. The quantitative estimate of drug-likeness (QED) is 0.0966. The summed E-state index contributed by atoms with van der Waals surface area (Å²) >= 11 is 0. The monoisotopic (exact) mass is 1300 g/mol. The van der Waals surface area contributed by atoms with Gasteiger partial charge in [0, 0.05) is 0 Å². The van der Waals surface area contributed by atoms with Crippen molar-refractivity contribution in [2.75, 3.05) is 52.9 Å². The molecule has 40 heteroatoms. The van der Waals surface area contributed by atoms with Crippen LogP contribution in [-0.4, -0.2) is 421 Å². The Hall–Kier alpha value is -1.60. The average Bonchev–Trinajstić information content (AvgIpc) is 1.32. The van der Waals surface area contributed by atoms with Crippen molar-refractivity contribution in [1.82, 2.24) is 0 Å². The first-order valence-corrected chi connectivity index (χ1v) is 28.1. The molecule has 22 fully saturated rings. The lowest BCUT2D eigenvalue weighted by Crippen LogP contribution is -2.68. The molecule has 0 aromatic carbocycles. The normalized spacial score (nSPS) is 55.2. The second-order valence-corrected chi connectivity index (χ2v) is 22.5. The molecule has 24 N–H and O–H groups in total. The van der Waals surface area contributed by atoms with Crippen LogP contribution in [0.4, 0.5) is 0 Å². The van der Waals surface area contributed by atoms with E-state index >= 15 is 0 Å². The molecule has 22 aliphatic rings. The number of aliphatic hydroxyl groups excluding tert-OH is 24. The van der Waals surface area contributed by atoms with Crippen LogP contribution >= 0.6 is 0 Å². The number of aliphatic hydroxyl groups is 24. The maximum absolute atomic E-state index is 11.8. The van der Waals surface area contributed by atoms with E-state index in [0.29, 0.717) is 0 Å². The molecule has 512 valence electrons. The van der Waals surface area contributed by atoms with E-state index in [1.165, 1.54) is 0 Å². The fraction of sp³-hybridized carbons (Fsp3) is 1.00. The molecule has 0 radical (unpaired) electrons. The minimum atomic E-state index is -2.35. The van der Waals surface area contributed by atoms with Crippen LogP contribution in [0.3, 0.4) is 0 Å². The van der Waals surface area contributed by atoms with Crippen LogP contribution in [0, 0.1) is 0 Å². The van der Waals surface area contributed by atoms with Gasteiger partial charge in [-0.2, -0.15) is 0 Å². The summed E-state index contributed by atoms with van der Waals surface area (Å²) in [4.78, 5) is 0. The lowest BCUT2D eigenvalue weighted by Gasteiger charge is -2.50. The minimum Gasteiger partial charge on any atom is -0.394 e. The standard InChI is InChI=1S/C48H80O40/c49-1-9-17(56)18(57)26(65)41(74-9)73-8-16-40-25(64)33(72)48(81-16)87-39-15(7-55)79-46(31(70)23(39)62)85-37-13(5-53)77-44(29(68)21(37)60)83-35-11(3-51)75-42(27(66)19(35)58)82-34-10(2-50)76-43(28(67)20(34)59)84-36-12(4-52)78-45(30(69)22(36)61)86-38-14(6-54)80-47(88-40)32(71)24(38)63/h9-72H,1-8H2/t9-,10+,11-,12+,13-,14+,15-,16+,17+,18+,19-,20-,21+,22-,23-,24-,25-,26-,27-,28-,29+,30-,31+,32-,33-,34-,35-,36-,37-,38-,39-,40-,41-,42-,43?,44-,45-,46-,47-,48-/m1/s1. The van der Waals surface area contributed by atoms with E-state index in [0.717, 1.165) is 0 Å². The van der Waals surface area contributed by atoms with E-state index in [1.807, 2.05) is 0 Å². The molecule has 0 saturated carbocycles. The van der Waals surface area contributed by atoms with Crippen molar-refractivity contribution in [3.63, 3.8) is 0 Å². The van der Waals surface area contributed by atoms with Crippen LogP contribution in [0.2, 0.25) is 0 Å². The van der Waals surface area contributed by atoms with Crippen molar-refractivity contribution < 1.29 is 198 Å². The van der Waals surface area contributed by atoms with Crippen molar-refractivity contribution >= 4 is 0 Å². The van der Waals surface area contributed by atoms with E-state index in [-0.39, 0.29) is 0 Å². The molecular formula is C48H80O40. The van der Waals surface area contributed by atoms with Crippen LogP contribution in [0.25, 0.3) is 0 Å².